The maximum atomic E-state index is 11.9. The monoisotopic (exact) mass is 323 g/mol. The Morgan fingerprint density at radius 1 is 1.27 bits per heavy atom. The summed E-state index contributed by atoms with van der Waals surface area (Å²) in [6.45, 7) is 3.71. The molecule has 0 fully saturated rings. The van der Waals surface area contributed by atoms with E-state index in [1.807, 2.05) is 13.0 Å². The highest BCUT2D eigenvalue weighted by Crippen LogP contribution is 2.19. The van der Waals surface area contributed by atoms with Crippen molar-refractivity contribution in [2.45, 2.75) is 13.3 Å². The number of anilines is 1. The number of hydrogen-bond acceptors (Lipinski definition) is 3. The van der Waals surface area contributed by atoms with Gasteiger partial charge in [0.2, 0.25) is 0 Å². The lowest BCUT2D eigenvalue weighted by Crippen LogP contribution is -3.09. The molecule has 0 radical (unpaired) electrons. The molecule has 0 saturated heterocycles. The Bertz CT molecular complexity index is 616. The Morgan fingerprint density at radius 3 is 2.73 bits per heavy atom. The van der Waals surface area contributed by atoms with Crippen molar-refractivity contribution in [3.05, 3.63) is 40.6 Å². The van der Waals surface area contributed by atoms with Crippen LogP contribution < -0.4 is 21.1 Å². The first-order valence-corrected chi connectivity index (χ1v) is 7.47. The first-order valence-electron chi connectivity index (χ1n) is 7.09. The number of likely N-dealkylation sites (N-methyl/N-ethyl adjacent to an activating group) is 1. The lowest BCUT2D eigenvalue weighted by atomic mass is 10.2. The Morgan fingerprint density at radius 2 is 2.05 bits per heavy atom. The van der Waals surface area contributed by atoms with E-state index in [1.165, 1.54) is 4.90 Å². The number of benzene rings is 1. The van der Waals surface area contributed by atoms with Crippen molar-refractivity contribution in [3.63, 3.8) is 0 Å². The summed E-state index contributed by atoms with van der Waals surface area (Å²) in [7, 11) is 2.10. The largest absolute Gasteiger partial charge is 0.334 e. The smallest absolute Gasteiger partial charge is 0.327 e. The molecule has 1 aliphatic rings. The van der Waals surface area contributed by atoms with E-state index >= 15 is 0 Å². The van der Waals surface area contributed by atoms with Gasteiger partial charge in [0, 0.05) is 22.8 Å². The normalized spacial score (nSPS) is 17.4. The van der Waals surface area contributed by atoms with Gasteiger partial charge in [-0.3, -0.25) is 15.0 Å². The molecule has 22 heavy (non-hydrogen) atoms. The molecule has 0 spiro atoms. The van der Waals surface area contributed by atoms with Gasteiger partial charge in [-0.2, -0.15) is 0 Å². The number of quaternary nitrogens is 1. The Balaban J connectivity index is 1.87. The van der Waals surface area contributed by atoms with Gasteiger partial charge in [0.15, 0.2) is 0 Å². The molecule has 6 nitrogen and oxygen atoms in total. The van der Waals surface area contributed by atoms with Crippen molar-refractivity contribution in [2.24, 2.45) is 0 Å². The van der Waals surface area contributed by atoms with Gasteiger partial charge in [-0.05, 0) is 30.7 Å². The molecular formula is C15H20ClN4O2+. The third-order valence-corrected chi connectivity index (χ3v) is 3.74. The minimum Gasteiger partial charge on any atom is -0.334 e. The zero-order valence-electron chi connectivity index (χ0n) is 12.6. The molecule has 0 bridgehead atoms. The number of carbonyl (C=O) groups excluding carboxylic acids is 2. The summed E-state index contributed by atoms with van der Waals surface area (Å²) in [4.78, 5) is 25.1. The summed E-state index contributed by atoms with van der Waals surface area (Å²) in [6.07, 6.45) is 2.85. The predicted molar refractivity (Wildman–Crippen MR) is 85.4 cm³/mol. The summed E-state index contributed by atoms with van der Waals surface area (Å²) < 4.78 is 0. The molecule has 118 valence electrons. The maximum absolute atomic E-state index is 11.9. The molecule has 1 atom stereocenters. The summed E-state index contributed by atoms with van der Waals surface area (Å²) in [6, 6.07) is 5.11. The van der Waals surface area contributed by atoms with Gasteiger partial charge in [-0.15, -0.1) is 0 Å². The van der Waals surface area contributed by atoms with Crippen LogP contribution in [-0.2, 0) is 9.59 Å². The molecule has 4 N–H and O–H groups in total. The molecule has 2 rings (SSSR count). The number of halogens is 1. The van der Waals surface area contributed by atoms with Crippen molar-refractivity contribution in [2.75, 3.05) is 25.5 Å². The third kappa shape index (κ3) is 4.47. The lowest BCUT2D eigenvalue weighted by molar-refractivity contribution is -0.875. The fraction of sp³-hybridized carbons (Fsp3) is 0.333. The fourth-order valence-electron chi connectivity index (χ4n) is 2.06. The molecule has 0 aliphatic carbocycles. The predicted octanol–water partition coefficient (Wildman–Crippen LogP) is 0.0100. The highest BCUT2D eigenvalue weighted by atomic mass is 35.5. The van der Waals surface area contributed by atoms with E-state index in [-0.39, 0.29) is 0 Å². The molecule has 1 heterocycles. The van der Waals surface area contributed by atoms with Gasteiger partial charge >= 0.3 is 11.8 Å². The van der Waals surface area contributed by atoms with Crippen molar-refractivity contribution in [3.8, 4) is 0 Å². The fourth-order valence-corrected chi connectivity index (χ4v) is 2.24. The number of rotatable bonds is 3. The van der Waals surface area contributed by atoms with E-state index in [4.69, 9.17) is 11.6 Å². The van der Waals surface area contributed by atoms with Gasteiger partial charge in [0.1, 0.15) is 0 Å². The van der Waals surface area contributed by atoms with E-state index in [9.17, 15) is 9.59 Å². The van der Waals surface area contributed by atoms with Crippen LogP contribution in [0, 0.1) is 6.92 Å². The number of hydrogen-bond donors (Lipinski definition) is 4. The zero-order valence-corrected chi connectivity index (χ0v) is 13.4. The first kappa shape index (κ1) is 16.3. The average Bonchev–Trinajstić information content (AvgIpc) is 2.50. The number of amides is 2. The number of carbonyl (C=O) groups is 2. The van der Waals surface area contributed by atoms with Crippen LogP contribution in [0.1, 0.15) is 12.0 Å². The minimum absolute atomic E-state index is 0.499. The minimum atomic E-state index is -0.744. The molecule has 0 aromatic heterocycles. The summed E-state index contributed by atoms with van der Waals surface area (Å²) in [5, 5.41) is 3.05. The topological polar surface area (TPSA) is 74.7 Å². The van der Waals surface area contributed by atoms with Gasteiger partial charge < -0.3 is 15.6 Å². The van der Waals surface area contributed by atoms with Crippen molar-refractivity contribution < 1.29 is 14.5 Å². The second kappa shape index (κ2) is 7.29. The molecule has 7 heteroatoms. The quantitative estimate of drug-likeness (QED) is 0.468. The summed E-state index contributed by atoms with van der Waals surface area (Å²) in [5.74, 6) is -1.48. The first-order chi connectivity index (χ1) is 10.5. The van der Waals surface area contributed by atoms with Crippen LogP contribution >= 0.6 is 11.6 Å². The molecule has 1 unspecified atom stereocenters. The maximum Gasteiger partial charge on any atom is 0.327 e. The SMILES string of the molecule is Cc1ccc(Cl)cc1NC(=O)C(=O)NNC1=CC[NH+](C)CC1. The summed E-state index contributed by atoms with van der Waals surface area (Å²) >= 11 is 5.88. The lowest BCUT2D eigenvalue weighted by Gasteiger charge is -2.20. The third-order valence-electron chi connectivity index (χ3n) is 3.51. The van der Waals surface area contributed by atoms with Crippen LogP contribution in [0.2, 0.25) is 5.02 Å². The Kier molecular flexibility index (Phi) is 5.41. The number of hydrazine groups is 1. The molecule has 2 amide bonds. The zero-order chi connectivity index (χ0) is 16.1. The summed E-state index contributed by atoms with van der Waals surface area (Å²) in [5.41, 5.74) is 7.48. The van der Waals surface area contributed by atoms with Crippen LogP contribution in [0.5, 0.6) is 0 Å². The average molecular weight is 324 g/mol. The van der Waals surface area contributed by atoms with Crippen LogP contribution in [-0.4, -0.2) is 32.0 Å². The van der Waals surface area contributed by atoms with E-state index in [2.05, 4.69) is 23.2 Å². The highest BCUT2D eigenvalue weighted by molar-refractivity contribution is 6.39. The van der Waals surface area contributed by atoms with Gasteiger partial charge in [0.25, 0.3) is 0 Å². The Labute approximate surface area is 134 Å². The molecular weight excluding hydrogens is 304 g/mol. The van der Waals surface area contributed by atoms with Crippen molar-refractivity contribution in [1.29, 1.82) is 0 Å². The van der Waals surface area contributed by atoms with E-state index in [1.54, 1.807) is 18.2 Å². The highest BCUT2D eigenvalue weighted by Gasteiger charge is 2.16. The van der Waals surface area contributed by atoms with Crippen LogP contribution in [0.3, 0.4) is 0 Å². The van der Waals surface area contributed by atoms with Crippen LogP contribution in [0.25, 0.3) is 0 Å². The Hall–Kier alpha value is -2.05. The van der Waals surface area contributed by atoms with E-state index in [0.29, 0.717) is 10.7 Å². The van der Waals surface area contributed by atoms with Crippen molar-refractivity contribution >= 4 is 29.1 Å². The number of aryl methyl sites for hydroxylation is 1. The van der Waals surface area contributed by atoms with Crippen LogP contribution in [0.4, 0.5) is 5.69 Å². The molecule has 1 aliphatic heterocycles. The van der Waals surface area contributed by atoms with Gasteiger partial charge in [0.05, 0.1) is 20.1 Å². The van der Waals surface area contributed by atoms with E-state index in [0.717, 1.165) is 30.8 Å². The van der Waals surface area contributed by atoms with Gasteiger partial charge in [-0.1, -0.05) is 17.7 Å². The van der Waals surface area contributed by atoms with Crippen molar-refractivity contribution in [1.82, 2.24) is 10.9 Å². The number of nitrogens with one attached hydrogen (secondary N) is 4. The van der Waals surface area contributed by atoms with Gasteiger partial charge in [-0.25, -0.2) is 0 Å². The molecule has 1 aromatic rings. The second-order valence-corrected chi connectivity index (χ2v) is 5.82. The standard InChI is InChI=1S/C15H19ClN4O2/c1-10-3-4-11(16)9-13(10)17-14(21)15(22)19-18-12-5-7-20(2)8-6-12/h3-5,9,18H,6-8H2,1-2H3,(H,17,21)(H,19,22)/p+1. The molecule has 1 aromatic carbocycles. The molecule has 0 saturated carbocycles. The second-order valence-electron chi connectivity index (χ2n) is 5.38. The van der Waals surface area contributed by atoms with Crippen LogP contribution in [0.15, 0.2) is 30.0 Å². The van der Waals surface area contributed by atoms with E-state index < -0.39 is 11.8 Å².